The van der Waals surface area contributed by atoms with Gasteiger partial charge < -0.3 is 5.32 Å². The molecule has 0 aliphatic heterocycles. The molecule has 0 aliphatic carbocycles. The van der Waals surface area contributed by atoms with Gasteiger partial charge in [0.1, 0.15) is 5.82 Å². The summed E-state index contributed by atoms with van der Waals surface area (Å²) in [7, 11) is 0. The molecule has 1 nitrogen and oxygen atoms in total. The van der Waals surface area contributed by atoms with E-state index in [0.717, 1.165) is 17.4 Å². The maximum Gasteiger partial charge on any atom is 0.145 e. The van der Waals surface area contributed by atoms with Crippen LogP contribution in [0.3, 0.4) is 0 Å². The SMILES string of the molecule is CCCNC(Cc1cccc(Cl)c1F)c1cscc1Br. The lowest BCUT2D eigenvalue weighted by molar-refractivity contribution is 0.513. The van der Waals surface area contributed by atoms with Gasteiger partial charge in [-0.1, -0.05) is 30.7 Å². The summed E-state index contributed by atoms with van der Waals surface area (Å²) in [6.07, 6.45) is 1.62. The molecular formula is C15H16BrClFNS. The number of rotatable bonds is 6. The van der Waals surface area contributed by atoms with Gasteiger partial charge in [-0.05, 0) is 57.9 Å². The molecule has 1 aromatic carbocycles. The first-order valence-electron chi connectivity index (χ1n) is 6.51. The van der Waals surface area contributed by atoms with Crippen molar-refractivity contribution >= 4 is 38.9 Å². The Bertz CT molecular complexity index is 573. The van der Waals surface area contributed by atoms with Crippen LogP contribution in [0.25, 0.3) is 0 Å². The van der Waals surface area contributed by atoms with E-state index in [2.05, 4.69) is 33.6 Å². The van der Waals surface area contributed by atoms with Crippen molar-refractivity contribution in [2.75, 3.05) is 6.54 Å². The minimum atomic E-state index is -0.316. The molecule has 0 amide bonds. The predicted molar refractivity (Wildman–Crippen MR) is 88.2 cm³/mol. The Morgan fingerprint density at radius 3 is 2.85 bits per heavy atom. The molecule has 1 aromatic heterocycles. The summed E-state index contributed by atoms with van der Waals surface area (Å²) in [6.45, 7) is 3.02. The number of hydrogen-bond acceptors (Lipinski definition) is 2. The van der Waals surface area contributed by atoms with Crippen LogP contribution in [0, 0.1) is 5.82 Å². The molecule has 1 unspecified atom stereocenters. The minimum Gasteiger partial charge on any atom is -0.310 e. The van der Waals surface area contributed by atoms with Crippen LogP contribution in [0.4, 0.5) is 4.39 Å². The molecule has 20 heavy (non-hydrogen) atoms. The van der Waals surface area contributed by atoms with E-state index in [4.69, 9.17) is 11.6 Å². The number of hydrogen-bond donors (Lipinski definition) is 1. The molecule has 0 saturated heterocycles. The molecule has 1 atom stereocenters. The van der Waals surface area contributed by atoms with E-state index >= 15 is 0 Å². The van der Waals surface area contributed by atoms with Gasteiger partial charge in [0, 0.05) is 15.9 Å². The van der Waals surface area contributed by atoms with Crippen LogP contribution < -0.4 is 5.32 Å². The van der Waals surface area contributed by atoms with E-state index < -0.39 is 0 Å². The molecule has 1 N–H and O–H groups in total. The summed E-state index contributed by atoms with van der Waals surface area (Å²) in [5.41, 5.74) is 1.81. The average Bonchev–Trinajstić information content (AvgIpc) is 2.85. The quantitative estimate of drug-likeness (QED) is 0.693. The normalized spacial score (nSPS) is 12.6. The topological polar surface area (TPSA) is 12.0 Å². The highest BCUT2D eigenvalue weighted by atomic mass is 79.9. The van der Waals surface area contributed by atoms with Crippen molar-refractivity contribution < 1.29 is 4.39 Å². The molecule has 2 rings (SSSR count). The first-order chi connectivity index (χ1) is 9.63. The molecule has 0 bridgehead atoms. The molecule has 108 valence electrons. The van der Waals surface area contributed by atoms with Crippen molar-refractivity contribution in [2.24, 2.45) is 0 Å². The number of halogens is 3. The third kappa shape index (κ3) is 3.82. The molecule has 0 aliphatic rings. The highest BCUT2D eigenvalue weighted by Crippen LogP contribution is 2.31. The van der Waals surface area contributed by atoms with Crippen LogP contribution in [0.15, 0.2) is 33.4 Å². The van der Waals surface area contributed by atoms with Gasteiger partial charge in [-0.25, -0.2) is 4.39 Å². The first kappa shape index (κ1) is 16.0. The monoisotopic (exact) mass is 375 g/mol. The van der Waals surface area contributed by atoms with Crippen molar-refractivity contribution in [3.63, 3.8) is 0 Å². The highest BCUT2D eigenvalue weighted by molar-refractivity contribution is 9.10. The molecule has 1 heterocycles. The first-order valence-corrected chi connectivity index (χ1v) is 8.62. The van der Waals surface area contributed by atoms with Crippen molar-refractivity contribution in [3.8, 4) is 0 Å². The Balaban J connectivity index is 2.24. The van der Waals surface area contributed by atoms with Gasteiger partial charge >= 0.3 is 0 Å². The fraction of sp³-hybridized carbons (Fsp3) is 0.333. The molecule has 0 saturated carbocycles. The van der Waals surface area contributed by atoms with E-state index in [1.807, 2.05) is 5.38 Å². The fourth-order valence-corrected chi connectivity index (χ4v) is 3.90. The number of nitrogens with one attached hydrogen (secondary N) is 1. The predicted octanol–water partition coefficient (Wildman–Crippen LogP) is 5.59. The Hall–Kier alpha value is -0.420. The Labute approximate surface area is 136 Å². The lowest BCUT2D eigenvalue weighted by Gasteiger charge is -2.19. The summed E-state index contributed by atoms with van der Waals surface area (Å²) in [4.78, 5) is 0. The second-order valence-corrected chi connectivity index (χ2v) is 6.60. The van der Waals surface area contributed by atoms with Crippen molar-refractivity contribution in [2.45, 2.75) is 25.8 Å². The minimum absolute atomic E-state index is 0.0866. The van der Waals surface area contributed by atoms with Crippen molar-refractivity contribution in [3.05, 3.63) is 55.4 Å². The Morgan fingerprint density at radius 1 is 1.40 bits per heavy atom. The van der Waals surface area contributed by atoms with E-state index in [1.54, 1.807) is 29.5 Å². The van der Waals surface area contributed by atoms with E-state index in [-0.39, 0.29) is 16.9 Å². The van der Waals surface area contributed by atoms with Gasteiger partial charge in [-0.15, -0.1) is 0 Å². The second-order valence-electron chi connectivity index (χ2n) is 4.60. The summed E-state index contributed by atoms with van der Waals surface area (Å²) < 4.78 is 15.1. The maximum atomic E-state index is 14.1. The smallest absolute Gasteiger partial charge is 0.145 e. The van der Waals surface area contributed by atoms with E-state index in [1.165, 1.54) is 5.56 Å². The fourth-order valence-electron chi connectivity index (χ4n) is 2.08. The zero-order chi connectivity index (χ0) is 14.5. The van der Waals surface area contributed by atoms with Crippen LogP contribution in [0.1, 0.15) is 30.5 Å². The van der Waals surface area contributed by atoms with Crippen LogP contribution >= 0.6 is 38.9 Å². The largest absolute Gasteiger partial charge is 0.310 e. The van der Waals surface area contributed by atoms with Crippen LogP contribution in [0.2, 0.25) is 5.02 Å². The average molecular weight is 377 g/mol. The third-order valence-corrected chi connectivity index (χ3v) is 5.16. The lowest BCUT2D eigenvalue weighted by atomic mass is 10.0. The van der Waals surface area contributed by atoms with Crippen LogP contribution in [0.5, 0.6) is 0 Å². The van der Waals surface area contributed by atoms with Crippen LogP contribution in [-0.2, 0) is 6.42 Å². The number of thiophene rings is 1. The second kappa shape index (κ2) is 7.55. The maximum absolute atomic E-state index is 14.1. The Kier molecular flexibility index (Phi) is 6.02. The van der Waals surface area contributed by atoms with Gasteiger partial charge in [0.05, 0.1) is 5.02 Å². The van der Waals surface area contributed by atoms with Gasteiger partial charge in [0.25, 0.3) is 0 Å². The van der Waals surface area contributed by atoms with E-state index in [9.17, 15) is 4.39 Å². The molecular weight excluding hydrogens is 361 g/mol. The molecule has 0 fully saturated rings. The third-order valence-electron chi connectivity index (χ3n) is 3.11. The highest BCUT2D eigenvalue weighted by Gasteiger charge is 2.18. The number of benzene rings is 1. The summed E-state index contributed by atoms with van der Waals surface area (Å²) in [6, 6.07) is 5.25. The standard InChI is InChI=1S/C15H16BrClFNS/c1-2-6-19-14(11-8-20-9-12(11)16)7-10-4-3-5-13(17)15(10)18/h3-5,8-9,14,19H,2,6-7H2,1H3. The molecule has 2 aromatic rings. The van der Waals surface area contributed by atoms with Gasteiger partial charge in [0.2, 0.25) is 0 Å². The molecule has 0 radical (unpaired) electrons. The molecule has 0 spiro atoms. The van der Waals surface area contributed by atoms with Crippen molar-refractivity contribution in [1.82, 2.24) is 5.32 Å². The zero-order valence-corrected chi connectivity index (χ0v) is 14.3. The lowest BCUT2D eigenvalue weighted by Crippen LogP contribution is -2.24. The van der Waals surface area contributed by atoms with Gasteiger partial charge in [0.15, 0.2) is 0 Å². The summed E-state index contributed by atoms with van der Waals surface area (Å²) in [5.74, 6) is -0.316. The van der Waals surface area contributed by atoms with E-state index in [0.29, 0.717) is 12.0 Å². The summed E-state index contributed by atoms with van der Waals surface area (Å²) in [5, 5.41) is 7.80. The zero-order valence-electron chi connectivity index (χ0n) is 11.1. The van der Waals surface area contributed by atoms with Crippen LogP contribution in [-0.4, -0.2) is 6.54 Å². The molecule has 5 heteroatoms. The van der Waals surface area contributed by atoms with Gasteiger partial charge in [-0.3, -0.25) is 0 Å². The van der Waals surface area contributed by atoms with Crippen molar-refractivity contribution in [1.29, 1.82) is 0 Å². The van der Waals surface area contributed by atoms with Gasteiger partial charge in [-0.2, -0.15) is 11.3 Å². The summed E-state index contributed by atoms with van der Waals surface area (Å²) >= 11 is 11.1. The Morgan fingerprint density at radius 2 is 2.20 bits per heavy atom.